The standard InChI is InChI=1S/C12H23N3O3/c1-8(11(17)14-12(18)13-3)15-6-4-10(5-7-15)9(2)16/h8-10,16H,4-7H2,1-3H3,(H2,13,14,17,18)/t8-,9+/m0/s1. The summed E-state index contributed by atoms with van der Waals surface area (Å²) in [5.41, 5.74) is 0. The minimum absolute atomic E-state index is 0.287. The van der Waals surface area contributed by atoms with Gasteiger partial charge in [0.05, 0.1) is 12.1 Å². The highest BCUT2D eigenvalue weighted by Crippen LogP contribution is 2.21. The lowest BCUT2D eigenvalue weighted by Crippen LogP contribution is -2.51. The maximum atomic E-state index is 11.8. The van der Waals surface area contributed by atoms with E-state index >= 15 is 0 Å². The fraction of sp³-hybridized carbons (Fsp3) is 0.833. The molecule has 0 aromatic heterocycles. The maximum Gasteiger partial charge on any atom is 0.321 e. The number of imide groups is 1. The molecule has 1 fully saturated rings. The Bertz CT molecular complexity index is 299. The Morgan fingerprint density at radius 1 is 1.28 bits per heavy atom. The summed E-state index contributed by atoms with van der Waals surface area (Å²) in [5.74, 6) is 0.0281. The number of carbonyl (C=O) groups excluding carboxylic acids is 2. The maximum absolute atomic E-state index is 11.8. The van der Waals surface area contributed by atoms with E-state index in [9.17, 15) is 14.7 Å². The molecule has 0 bridgehead atoms. The second kappa shape index (κ2) is 6.70. The average Bonchev–Trinajstić information content (AvgIpc) is 2.37. The summed E-state index contributed by atoms with van der Waals surface area (Å²) in [5, 5.41) is 14.1. The Kier molecular flexibility index (Phi) is 5.55. The Morgan fingerprint density at radius 3 is 2.28 bits per heavy atom. The molecule has 1 aliphatic rings. The Labute approximate surface area is 108 Å². The number of hydrogen-bond acceptors (Lipinski definition) is 4. The van der Waals surface area contributed by atoms with E-state index in [4.69, 9.17) is 0 Å². The van der Waals surface area contributed by atoms with Crippen LogP contribution in [0.2, 0.25) is 0 Å². The van der Waals surface area contributed by atoms with Crippen LogP contribution in [0.15, 0.2) is 0 Å². The zero-order chi connectivity index (χ0) is 13.7. The molecular formula is C12H23N3O3. The molecule has 0 saturated carbocycles. The first kappa shape index (κ1) is 14.9. The topological polar surface area (TPSA) is 81.7 Å². The number of likely N-dealkylation sites (tertiary alicyclic amines) is 1. The van der Waals surface area contributed by atoms with E-state index in [1.54, 1.807) is 6.92 Å². The number of amides is 3. The van der Waals surface area contributed by atoms with Crippen LogP contribution in [0.4, 0.5) is 4.79 Å². The van der Waals surface area contributed by atoms with Gasteiger partial charge in [-0.1, -0.05) is 0 Å². The molecule has 18 heavy (non-hydrogen) atoms. The predicted molar refractivity (Wildman–Crippen MR) is 68.0 cm³/mol. The van der Waals surface area contributed by atoms with E-state index < -0.39 is 6.03 Å². The van der Waals surface area contributed by atoms with Gasteiger partial charge in [0.1, 0.15) is 0 Å². The van der Waals surface area contributed by atoms with Crippen molar-refractivity contribution in [2.24, 2.45) is 5.92 Å². The molecule has 0 aromatic rings. The minimum Gasteiger partial charge on any atom is -0.393 e. The van der Waals surface area contributed by atoms with E-state index in [1.165, 1.54) is 7.05 Å². The van der Waals surface area contributed by atoms with Crippen LogP contribution < -0.4 is 10.6 Å². The normalized spacial score (nSPS) is 21.1. The SMILES string of the molecule is CNC(=O)NC(=O)[C@H](C)N1CCC([C@@H](C)O)CC1. The van der Waals surface area contributed by atoms with Crippen LogP contribution in [0, 0.1) is 5.92 Å². The molecule has 0 radical (unpaired) electrons. The fourth-order valence-electron chi connectivity index (χ4n) is 2.23. The van der Waals surface area contributed by atoms with E-state index in [2.05, 4.69) is 10.6 Å². The highest BCUT2D eigenvalue weighted by atomic mass is 16.3. The zero-order valence-corrected chi connectivity index (χ0v) is 11.3. The molecule has 2 atom stereocenters. The lowest BCUT2D eigenvalue weighted by molar-refractivity contribution is -0.125. The third-order valence-electron chi connectivity index (χ3n) is 3.65. The van der Waals surface area contributed by atoms with Gasteiger partial charge in [0.25, 0.3) is 0 Å². The van der Waals surface area contributed by atoms with Crippen molar-refractivity contribution >= 4 is 11.9 Å². The molecule has 6 heteroatoms. The largest absolute Gasteiger partial charge is 0.393 e. The van der Waals surface area contributed by atoms with Crippen LogP contribution in [0.1, 0.15) is 26.7 Å². The van der Waals surface area contributed by atoms with Crippen molar-refractivity contribution in [2.45, 2.75) is 38.8 Å². The quantitative estimate of drug-likeness (QED) is 0.660. The first-order chi connectivity index (χ1) is 8.45. The van der Waals surface area contributed by atoms with Gasteiger partial charge >= 0.3 is 6.03 Å². The van der Waals surface area contributed by atoms with Crippen molar-refractivity contribution in [3.63, 3.8) is 0 Å². The first-order valence-corrected chi connectivity index (χ1v) is 6.40. The molecule has 1 aliphatic heterocycles. The molecule has 0 spiro atoms. The van der Waals surface area contributed by atoms with Gasteiger partial charge in [-0.3, -0.25) is 15.0 Å². The van der Waals surface area contributed by atoms with Crippen molar-refractivity contribution in [1.82, 2.24) is 15.5 Å². The van der Waals surface area contributed by atoms with Crippen molar-refractivity contribution < 1.29 is 14.7 Å². The number of nitrogens with zero attached hydrogens (tertiary/aromatic N) is 1. The van der Waals surface area contributed by atoms with Gasteiger partial charge in [-0.05, 0) is 45.7 Å². The van der Waals surface area contributed by atoms with Gasteiger partial charge in [-0.15, -0.1) is 0 Å². The number of carbonyl (C=O) groups is 2. The second-order valence-corrected chi connectivity index (χ2v) is 4.86. The number of hydrogen-bond donors (Lipinski definition) is 3. The summed E-state index contributed by atoms with van der Waals surface area (Å²) >= 11 is 0. The third kappa shape index (κ3) is 3.96. The van der Waals surface area contributed by atoms with Crippen molar-refractivity contribution in [3.05, 3.63) is 0 Å². The highest BCUT2D eigenvalue weighted by molar-refractivity contribution is 5.96. The number of piperidine rings is 1. The summed E-state index contributed by atoms with van der Waals surface area (Å²) in [6.07, 6.45) is 1.48. The van der Waals surface area contributed by atoms with E-state index in [0.717, 1.165) is 25.9 Å². The molecule has 1 saturated heterocycles. The predicted octanol–water partition coefficient (Wildman–Crippen LogP) is -0.0767. The molecule has 104 valence electrons. The Balaban J connectivity index is 2.42. The van der Waals surface area contributed by atoms with Gasteiger partial charge in [0, 0.05) is 7.05 Å². The molecule has 0 unspecified atom stereocenters. The second-order valence-electron chi connectivity index (χ2n) is 4.86. The van der Waals surface area contributed by atoms with E-state index in [1.807, 2.05) is 11.8 Å². The summed E-state index contributed by atoms with van der Waals surface area (Å²) in [6, 6.07) is -0.803. The molecule has 3 N–H and O–H groups in total. The molecule has 3 amide bonds. The molecular weight excluding hydrogens is 234 g/mol. The first-order valence-electron chi connectivity index (χ1n) is 6.40. The number of aliphatic hydroxyl groups is 1. The van der Waals surface area contributed by atoms with Crippen LogP contribution in [-0.2, 0) is 4.79 Å². The molecule has 6 nitrogen and oxygen atoms in total. The third-order valence-corrected chi connectivity index (χ3v) is 3.65. The zero-order valence-electron chi connectivity index (χ0n) is 11.3. The molecule has 0 aliphatic carbocycles. The molecule has 1 heterocycles. The minimum atomic E-state index is -0.481. The summed E-state index contributed by atoms with van der Waals surface area (Å²) in [7, 11) is 1.47. The number of rotatable bonds is 3. The van der Waals surface area contributed by atoms with Crippen LogP contribution in [-0.4, -0.2) is 54.2 Å². The number of aliphatic hydroxyl groups excluding tert-OH is 1. The lowest BCUT2D eigenvalue weighted by Gasteiger charge is -2.36. The number of urea groups is 1. The van der Waals surface area contributed by atoms with E-state index in [0.29, 0.717) is 5.92 Å². The molecule has 0 aromatic carbocycles. The fourth-order valence-corrected chi connectivity index (χ4v) is 2.23. The van der Waals surface area contributed by atoms with Gasteiger partial charge in [0.15, 0.2) is 0 Å². The Morgan fingerprint density at radius 2 is 1.83 bits per heavy atom. The number of nitrogens with one attached hydrogen (secondary N) is 2. The van der Waals surface area contributed by atoms with Gasteiger partial charge in [-0.2, -0.15) is 0 Å². The van der Waals surface area contributed by atoms with Crippen LogP contribution >= 0.6 is 0 Å². The van der Waals surface area contributed by atoms with Gasteiger partial charge < -0.3 is 10.4 Å². The molecule has 1 rings (SSSR count). The van der Waals surface area contributed by atoms with Crippen LogP contribution in [0.3, 0.4) is 0 Å². The van der Waals surface area contributed by atoms with E-state index in [-0.39, 0.29) is 18.1 Å². The lowest BCUT2D eigenvalue weighted by atomic mass is 9.91. The van der Waals surface area contributed by atoms with Gasteiger partial charge in [0.2, 0.25) is 5.91 Å². The average molecular weight is 257 g/mol. The van der Waals surface area contributed by atoms with Crippen LogP contribution in [0.5, 0.6) is 0 Å². The van der Waals surface area contributed by atoms with Crippen molar-refractivity contribution in [2.75, 3.05) is 20.1 Å². The summed E-state index contributed by atoms with van der Waals surface area (Å²) in [4.78, 5) is 24.9. The van der Waals surface area contributed by atoms with Crippen LogP contribution in [0.25, 0.3) is 0 Å². The smallest absolute Gasteiger partial charge is 0.321 e. The van der Waals surface area contributed by atoms with Crippen molar-refractivity contribution in [3.8, 4) is 0 Å². The Hall–Kier alpha value is -1.14. The van der Waals surface area contributed by atoms with Gasteiger partial charge in [-0.25, -0.2) is 4.79 Å². The highest BCUT2D eigenvalue weighted by Gasteiger charge is 2.28. The van der Waals surface area contributed by atoms with Crippen molar-refractivity contribution in [1.29, 1.82) is 0 Å². The summed E-state index contributed by atoms with van der Waals surface area (Å²) < 4.78 is 0. The monoisotopic (exact) mass is 257 g/mol. The summed E-state index contributed by atoms with van der Waals surface area (Å²) in [6.45, 7) is 5.15.